The molecule has 108 valence electrons. The lowest BCUT2D eigenvalue weighted by molar-refractivity contribution is 0.462. The zero-order valence-electron chi connectivity index (χ0n) is 12.3. The Labute approximate surface area is 129 Å². The van der Waals surface area contributed by atoms with E-state index >= 15 is 0 Å². The predicted octanol–water partition coefficient (Wildman–Crippen LogP) is 4.77. The van der Waals surface area contributed by atoms with E-state index in [2.05, 4.69) is 43.4 Å². The first-order chi connectivity index (χ1) is 10.1. The molecule has 0 saturated heterocycles. The van der Waals surface area contributed by atoms with Crippen molar-refractivity contribution in [1.29, 1.82) is 0 Å². The molecule has 3 heteroatoms. The van der Waals surface area contributed by atoms with Crippen molar-refractivity contribution in [2.75, 3.05) is 0 Å². The lowest BCUT2D eigenvalue weighted by Crippen LogP contribution is -2.17. The molecule has 2 nitrogen and oxygen atoms in total. The number of phenolic OH excluding ortho intramolecular Hbond substituents is 1. The number of phenols is 1. The van der Waals surface area contributed by atoms with Crippen LogP contribution in [0.3, 0.4) is 0 Å². The summed E-state index contributed by atoms with van der Waals surface area (Å²) in [5.41, 5.74) is 0.966. The van der Waals surface area contributed by atoms with Gasteiger partial charge in [0, 0.05) is 27.9 Å². The van der Waals surface area contributed by atoms with Gasteiger partial charge in [-0.15, -0.1) is 11.3 Å². The highest BCUT2D eigenvalue weighted by Crippen LogP contribution is 2.28. The topological polar surface area (TPSA) is 32.3 Å². The third-order valence-electron chi connectivity index (χ3n) is 3.79. The molecular formula is C18H19NOS. The summed E-state index contributed by atoms with van der Waals surface area (Å²) >= 11 is 1.81. The largest absolute Gasteiger partial charge is 0.508 e. The summed E-state index contributed by atoms with van der Waals surface area (Å²) in [4.78, 5) is 2.65. The molecule has 21 heavy (non-hydrogen) atoms. The highest BCUT2D eigenvalue weighted by Gasteiger charge is 2.11. The van der Waals surface area contributed by atoms with Gasteiger partial charge < -0.3 is 10.4 Å². The predicted molar refractivity (Wildman–Crippen MR) is 89.9 cm³/mol. The Hall–Kier alpha value is -1.84. The van der Waals surface area contributed by atoms with Crippen LogP contribution in [-0.4, -0.2) is 5.11 Å². The van der Waals surface area contributed by atoms with E-state index in [1.54, 1.807) is 6.07 Å². The Kier molecular flexibility index (Phi) is 3.95. The van der Waals surface area contributed by atoms with Gasteiger partial charge in [-0.3, -0.25) is 0 Å². The maximum Gasteiger partial charge on any atom is 0.120 e. The fourth-order valence-corrected chi connectivity index (χ4v) is 3.46. The van der Waals surface area contributed by atoms with Gasteiger partial charge in [-0.05, 0) is 42.8 Å². The number of rotatable bonds is 4. The van der Waals surface area contributed by atoms with Gasteiger partial charge >= 0.3 is 0 Å². The standard InChI is InChI=1S/C18H19NOS/c1-12-7-10-18(21-12)13(2)19-11-16-15-6-4-3-5-14(15)8-9-17(16)20/h3-10,13,19-20H,11H2,1-2H3. The second-order valence-electron chi connectivity index (χ2n) is 5.34. The first kappa shape index (κ1) is 14.1. The molecule has 0 radical (unpaired) electrons. The lowest BCUT2D eigenvalue weighted by atomic mass is 10.0. The minimum Gasteiger partial charge on any atom is -0.508 e. The second-order valence-corrected chi connectivity index (χ2v) is 6.65. The van der Waals surface area contributed by atoms with Crippen LogP contribution < -0.4 is 5.32 Å². The second kappa shape index (κ2) is 5.88. The molecule has 0 aliphatic carbocycles. The van der Waals surface area contributed by atoms with Crippen LogP contribution in [0.25, 0.3) is 10.8 Å². The van der Waals surface area contributed by atoms with Crippen molar-refractivity contribution in [2.24, 2.45) is 0 Å². The Bertz CT molecular complexity index is 763. The van der Waals surface area contributed by atoms with Crippen molar-refractivity contribution in [3.05, 3.63) is 63.8 Å². The highest BCUT2D eigenvalue weighted by atomic mass is 32.1. The van der Waals surface area contributed by atoms with Crippen molar-refractivity contribution < 1.29 is 5.11 Å². The summed E-state index contributed by atoms with van der Waals surface area (Å²) in [7, 11) is 0. The van der Waals surface area contributed by atoms with Crippen LogP contribution in [0.4, 0.5) is 0 Å². The fourth-order valence-electron chi connectivity index (χ4n) is 2.55. The van der Waals surface area contributed by atoms with Crippen molar-refractivity contribution in [1.82, 2.24) is 5.32 Å². The average Bonchev–Trinajstić information content (AvgIpc) is 2.92. The summed E-state index contributed by atoms with van der Waals surface area (Å²) < 4.78 is 0. The normalized spacial score (nSPS) is 12.7. The van der Waals surface area contributed by atoms with Gasteiger partial charge in [0.25, 0.3) is 0 Å². The van der Waals surface area contributed by atoms with E-state index in [0.29, 0.717) is 12.3 Å². The molecule has 2 aromatic carbocycles. The van der Waals surface area contributed by atoms with Gasteiger partial charge in [-0.1, -0.05) is 30.3 Å². The molecule has 1 heterocycles. The Balaban J connectivity index is 1.83. The molecule has 1 atom stereocenters. The van der Waals surface area contributed by atoms with Crippen LogP contribution in [0.5, 0.6) is 5.75 Å². The number of fused-ring (bicyclic) bond motifs is 1. The lowest BCUT2D eigenvalue weighted by Gasteiger charge is -2.15. The van der Waals surface area contributed by atoms with Crippen LogP contribution in [0.2, 0.25) is 0 Å². The molecule has 0 aliphatic rings. The summed E-state index contributed by atoms with van der Waals surface area (Å²) in [6.45, 7) is 4.94. The maximum absolute atomic E-state index is 10.2. The zero-order chi connectivity index (χ0) is 14.8. The van der Waals surface area contributed by atoms with Gasteiger partial charge in [0.1, 0.15) is 5.75 Å². The smallest absolute Gasteiger partial charge is 0.120 e. The average molecular weight is 297 g/mol. The molecule has 0 fully saturated rings. The summed E-state index contributed by atoms with van der Waals surface area (Å²) in [6.07, 6.45) is 0. The first-order valence-corrected chi connectivity index (χ1v) is 7.96. The fraction of sp³-hybridized carbons (Fsp3) is 0.222. The van der Waals surface area contributed by atoms with E-state index in [-0.39, 0.29) is 6.04 Å². The van der Waals surface area contributed by atoms with Crippen LogP contribution in [-0.2, 0) is 6.54 Å². The molecule has 0 spiro atoms. The van der Waals surface area contributed by atoms with Gasteiger partial charge in [-0.25, -0.2) is 0 Å². The number of hydrogen-bond donors (Lipinski definition) is 2. The summed E-state index contributed by atoms with van der Waals surface area (Å²) in [5, 5.41) is 15.9. The molecule has 0 saturated carbocycles. The van der Waals surface area contributed by atoms with Crippen LogP contribution >= 0.6 is 11.3 Å². The first-order valence-electron chi connectivity index (χ1n) is 7.14. The number of hydrogen-bond acceptors (Lipinski definition) is 3. The van der Waals surface area contributed by atoms with E-state index in [9.17, 15) is 5.11 Å². The molecule has 1 unspecified atom stereocenters. The third kappa shape index (κ3) is 2.94. The van der Waals surface area contributed by atoms with Gasteiger partial charge in [0.05, 0.1) is 0 Å². The number of nitrogens with one attached hydrogen (secondary N) is 1. The molecule has 2 N–H and O–H groups in total. The van der Waals surface area contributed by atoms with E-state index in [4.69, 9.17) is 0 Å². The Morgan fingerprint density at radius 1 is 1.10 bits per heavy atom. The van der Waals surface area contributed by atoms with E-state index in [1.807, 2.05) is 29.5 Å². The van der Waals surface area contributed by atoms with E-state index < -0.39 is 0 Å². The molecule has 0 aliphatic heterocycles. The Morgan fingerprint density at radius 3 is 2.67 bits per heavy atom. The molecule has 3 rings (SSSR count). The Morgan fingerprint density at radius 2 is 1.90 bits per heavy atom. The number of thiophene rings is 1. The highest BCUT2D eigenvalue weighted by molar-refractivity contribution is 7.12. The number of benzene rings is 2. The van der Waals surface area contributed by atoms with Crippen molar-refractivity contribution in [3.63, 3.8) is 0 Å². The summed E-state index contributed by atoms with van der Waals surface area (Å²) in [6, 6.07) is 16.5. The monoisotopic (exact) mass is 297 g/mol. The zero-order valence-corrected chi connectivity index (χ0v) is 13.1. The van der Waals surface area contributed by atoms with Crippen molar-refractivity contribution in [2.45, 2.75) is 26.4 Å². The maximum atomic E-state index is 10.2. The van der Waals surface area contributed by atoms with Gasteiger partial charge in [-0.2, -0.15) is 0 Å². The molecule has 0 bridgehead atoms. The molecule has 3 aromatic rings. The summed E-state index contributed by atoms with van der Waals surface area (Å²) in [5.74, 6) is 0.357. The quantitative estimate of drug-likeness (QED) is 0.727. The minimum absolute atomic E-state index is 0.280. The van der Waals surface area contributed by atoms with E-state index in [1.165, 1.54) is 9.75 Å². The van der Waals surface area contributed by atoms with Crippen molar-refractivity contribution in [3.8, 4) is 5.75 Å². The number of aryl methyl sites for hydroxylation is 1. The molecular weight excluding hydrogens is 278 g/mol. The molecule has 1 aromatic heterocycles. The van der Waals surface area contributed by atoms with Crippen LogP contribution in [0.1, 0.15) is 28.3 Å². The molecule has 0 amide bonds. The van der Waals surface area contributed by atoms with Crippen LogP contribution in [0.15, 0.2) is 48.5 Å². The van der Waals surface area contributed by atoms with Crippen molar-refractivity contribution >= 4 is 22.1 Å². The SMILES string of the molecule is Cc1ccc(C(C)NCc2c(O)ccc3ccccc23)s1. The third-order valence-corrected chi connectivity index (χ3v) is 4.97. The van der Waals surface area contributed by atoms with E-state index in [0.717, 1.165) is 16.3 Å². The van der Waals surface area contributed by atoms with Gasteiger partial charge in [0.15, 0.2) is 0 Å². The minimum atomic E-state index is 0.280. The van der Waals surface area contributed by atoms with Gasteiger partial charge in [0.2, 0.25) is 0 Å². The number of aromatic hydroxyl groups is 1. The van der Waals surface area contributed by atoms with Crippen LogP contribution in [0, 0.1) is 6.92 Å².